The van der Waals surface area contributed by atoms with Crippen molar-refractivity contribution in [2.45, 2.75) is 53.0 Å². The van der Waals surface area contributed by atoms with Crippen LogP contribution in [0.1, 0.15) is 52.0 Å². The number of imidazole rings is 1. The van der Waals surface area contributed by atoms with Crippen LogP contribution in [-0.2, 0) is 20.6 Å². The number of carbonyl (C=O) groups is 3. The molecule has 2 aromatic rings. The maximum Gasteiger partial charge on any atom is 0.471 e. The van der Waals surface area contributed by atoms with Gasteiger partial charge in [0.25, 0.3) is 0 Å². The lowest BCUT2D eigenvalue weighted by Crippen LogP contribution is -2.44. The Kier molecular flexibility index (Phi) is 10.4. The third-order valence-electron chi connectivity index (χ3n) is 6.64. The molecule has 1 saturated carbocycles. The second-order valence-electron chi connectivity index (χ2n) is 10.9. The van der Waals surface area contributed by atoms with Crippen LogP contribution in [0, 0.1) is 34.5 Å². The Morgan fingerprint density at radius 3 is 2.17 bits per heavy atom. The minimum Gasteiger partial charge on any atom is -0.341 e. The van der Waals surface area contributed by atoms with Gasteiger partial charge in [-0.15, -0.1) is 0 Å². The number of piperidine rings is 1. The number of amides is 3. The Bertz CT molecular complexity index is 1260. The van der Waals surface area contributed by atoms with Crippen molar-refractivity contribution in [2.24, 2.45) is 23.2 Å². The number of alkyl halides is 6. The van der Waals surface area contributed by atoms with Gasteiger partial charge in [-0.3, -0.25) is 18.8 Å². The molecule has 2 aliphatic rings. The Morgan fingerprint density at radius 2 is 1.71 bits per heavy atom. The first-order valence-electron chi connectivity index (χ1n) is 12.6. The van der Waals surface area contributed by atoms with Gasteiger partial charge in [0.1, 0.15) is 11.3 Å². The van der Waals surface area contributed by atoms with E-state index in [4.69, 9.17) is 5.26 Å². The fourth-order valence-corrected chi connectivity index (χ4v) is 4.45. The number of pyridine rings is 1. The number of halogens is 6. The van der Waals surface area contributed by atoms with Gasteiger partial charge in [-0.1, -0.05) is 40.7 Å². The molecular formula is C26H32F6N6O3. The normalized spacial score (nSPS) is 19.5. The zero-order valence-electron chi connectivity index (χ0n) is 23.1. The zero-order valence-corrected chi connectivity index (χ0v) is 23.1. The summed E-state index contributed by atoms with van der Waals surface area (Å²) in [4.78, 5) is 37.8. The van der Waals surface area contributed by atoms with E-state index < -0.39 is 42.4 Å². The molecule has 1 aliphatic carbocycles. The van der Waals surface area contributed by atoms with Gasteiger partial charge >= 0.3 is 18.3 Å². The smallest absolute Gasteiger partial charge is 0.341 e. The van der Waals surface area contributed by atoms with E-state index in [2.05, 4.69) is 44.9 Å². The molecule has 0 bridgehead atoms. The number of fused-ring (bicyclic) bond motifs is 2. The van der Waals surface area contributed by atoms with Crippen LogP contribution in [0.2, 0.25) is 0 Å². The summed E-state index contributed by atoms with van der Waals surface area (Å²) in [5, 5.41) is 12.6. The van der Waals surface area contributed by atoms with Gasteiger partial charge in [-0.2, -0.15) is 31.6 Å². The average Bonchev–Trinajstić information content (AvgIpc) is 3.28. The highest BCUT2D eigenvalue weighted by Gasteiger charge is 2.62. The monoisotopic (exact) mass is 590 g/mol. The van der Waals surface area contributed by atoms with E-state index >= 15 is 0 Å². The highest BCUT2D eigenvalue weighted by atomic mass is 19.4. The second-order valence-corrected chi connectivity index (χ2v) is 10.9. The van der Waals surface area contributed by atoms with E-state index in [-0.39, 0.29) is 23.2 Å². The van der Waals surface area contributed by atoms with Crippen LogP contribution in [0.3, 0.4) is 0 Å². The molecule has 1 saturated heterocycles. The molecule has 226 valence electrons. The lowest BCUT2D eigenvalue weighted by Gasteiger charge is -2.22. The van der Waals surface area contributed by atoms with Crippen molar-refractivity contribution >= 4 is 23.9 Å². The summed E-state index contributed by atoms with van der Waals surface area (Å²) in [6.07, 6.45) is -8.13. The van der Waals surface area contributed by atoms with E-state index in [9.17, 15) is 40.7 Å². The summed E-state index contributed by atoms with van der Waals surface area (Å²) in [6, 6.07) is 4.00. The zero-order chi connectivity index (χ0) is 31.3. The van der Waals surface area contributed by atoms with Crippen LogP contribution in [0.4, 0.5) is 26.3 Å². The quantitative estimate of drug-likeness (QED) is 0.402. The molecule has 0 spiro atoms. The van der Waals surface area contributed by atoms with E-state index in [1.165, 1.54) is 17.0 Å². The van der Waals surface area contributed by atoms with Gasteiger partial charge in [-0.05, 0) is 35.3 Å². The maximum atomic E-state index is 12.9. The Hall–Kier alpha value is -3.83. The molecule has 2 fully saturated rings. The van der Waals surface area contributed by atoms with Crippen LogP contribution in [0.25, 0.3) is 5.65 Å². The molecule has 2 N–H and O–H groups in total. The molecule has 1 aliphatic heterocycles. The summed E-state index contributed by atoms with van der Waals surface area (Å²) in [5.74, 6) is -0.796. The number of hydrogen-bond donors (Lipinski definition) is 2. The first kappa shape index (κ1) is 33.4. The summed E-state index contributed by atoms with van der Waals surface area (Å²) < 4.78 is 75.3. The molecule has 3 atom stereocenters. The lowest BCUT2D eigenvalue weighted by atomic mass is 10.1. The van der Waals surface area contributed by atoms with Crippen LogP contribution < -0.4 is 10.6 Å². The van der Waals surface area contributed by atoms with E-state index in [1.54, 1.807) is 11.4 Å². The Labute approximate surface area is 232 Å². The standard InChI is InChI=1S/C11H7F3N4O.C11H15F3N2O2.C4H10/c12-11(13,14)9-2-1-3-10-16-5-8(18(9)10)7(4-15)17-6-19;1-10(2)6-4-16(5-7(6)10)8(17)3-15-9(18)11(12,13)14;1-4(2)3/h1-3,5-7H,(H,17,19);6-7H,3-5H2,1-2H3,(H,15,18);4H,1-3H3/t;6-,7+;. The highest BCUT2D eigenvalue weighted by Crippen LogP contribution is 2.61. The Morgan fingerprint density at radius 1 is 1.15 bits per heavy atom. The van der Waals surface area contributed by atoms with Crippen molar-refractivity contribution in [2.75, 3.05) is 19.6 Å². The third kappa shape index (κ3) is 8.34. The van der Waals surface area contributed by atoms with Crippen LogP contribution >= 0.6 is 0 Å². The maximum absolute atomic E-state index is 12.9. The molecule has 9 nitrogen and oxygen atoms in total. The minimum atomic E-state index is -4.94. The molecule has 1 unspecified atom stereocenters. The molecule has 3 heterocycles. The predicted molar refractivity (Wildman–Crippen MR) is 135 cm³/mol. The summed E-state index contributed by atoms with van der Waals surface area (Å²) in [7, 11) is 0. The molecule has 3 amide bonds. The number of carbonyl (C=O) groups excluding carboxylic acids is 3. The van der Waals surface area contributed by atoms with E-state index in [1.807, 2.05) is 0 Å². The number of hydrogen-bond acceptors (Lipinski definition) is 5. The molecule has 0 aromatic carbocycles. The summed E-state index contributed by atoms with van der Waals surface area (Å²) in [5.41, 5.74) is -0.702. The molecule has 15 heteroatoms. The molecule has 41 heavy (non-hydrogen) atoms. The van der Waals surface area contributed by atoms with Crippen molar-refractivity contribution in [1.29, 1.82) is 5.26 Å². The first-order chi connectivity index (χ1) is 18.9. The number of nitrogens with zero attached hydrogens (tertiary/aromatic N) is 4. The van der Waals surface area contributed by atoms with Gasteiger partial charge in [0.15, 0.2) is 6.04 Å². The Balaban J connectivity index is 0.000000254. The SMILES string of the molecule is CC(C)C.CC1(C)[C@@H]2CN(C(=O)CNC(=O)C(F)(F)F)C[C@@H]21.N#CC(NC=O)c1cnc2cccc(C(F)(F)F)n12. The minimum absolute atomic E-state index is 0.0440. The molecular weight excluding hydrogens is 558 g/mol. The van der Waals surface area contributed by atoms with Crippen LogP contribution in [0.15, 0.2) is 24.4 Å². The van der Waals surface area contributed by atoms with Gasteiger partial charge in [0.05, 0.1) is 24.5 Å². The van der Waals surface area contributed by atoms with Gasteiger partial charge in [0.2, 0.25) is 12.3 Å². The second kappa shape index (κ2) is 12.8. The lowest BCUT2D eigenvalue weighted by molar-refractivity contribution is -0.174. The van der Waals surface area contributed by atoms with Gasteiger partial charge < -0.3 is 15.5 Å². The fraction of sp³-hybridized carbons (Fsp3) is 0.577. The van der Waals surface area contributed by atoms with Crippen LogP contribution in [-0.4, -0.2) is 58.3 Å². The number of aromatic nitrogens is 2. The van der Waals surface area contributed by atoms with Crippen molar-refractivity contribution in [3.8, 4) is 6.07 Å². The molecule has 4 rings (SSSR count). The summed E-state index contributed by atoms with van der Waals surface area (Å²) >= 11 is 0. The largest absolute Gasteiger partial charge is 0.471 e. The first-order valence-corrected chi connectivity index (χ1v) is 12.6. The number of nitrogens with one attached hydrogen (secondary N) is 2. The van der Waals surface area contributed by atoms with Crippen molar-refractivity contribution < 1.29 is 40.7 Å². The number of rotatable bonds is 5. The highest BCUT2D eigenvalue weighted by molar-refractivity contribution is 5.87. The number of likely N-dealkylation sites (tertiary alicyclic amines) is 1. The van der Waals surface area contributed by atoms with Crippen molar-refractivity contribution in [3.05, 3.63) is 35.8 Å². The topological polar surface area (TPSA) is 120 Å². The van der Waals surface area contributed by atoms with Crippen molar-refractivity contribution in [3.63, 3.8) is 0 Å². The summed E-state index contributed by atoms with van der Waals surface area (Å²) in [6.45, 7) is 11.3. The fourth-order valence-electron chi connectivity index (χ4n) is 4.45. The van der Waals surface area contributed by atoms with Crippen molar-refractivity contribution in [1.82, 2.24) is 24.9 Å². The number of nitriles is 1. The van der Waals surface area contributed by atoms with E-state index in [0.29, 0.717) is 24.9 Å². The van der Waals surface area contributed by atoms with Gasteiger partial charge in [-0.25, -0.2) is 4.98 Å². The third-order valence-corrected chi connectivity index (χ3v) is 6.64. The van der Waals surface area contributed by atoms with E-state index in [0.717, 1.165) is 22.6 Å². The molecule has 0 radical (unpaired) electrons. The average molecular weight is 591 g/mol. The predicted octanol–water partition coefficient (Wildman–Crippen LogP) is 4.11. The van der Waals surface area contributed by atoms with Crippen LogP contribution in [0.5, 0.6) is 0 Å². The van der Waals surface area contributed by atoms with Gasteiger partial charge in [0, 0.05) is 13.1 Å². The molecule has 2 aromatic heterocycles.